The fraction of sp³-hybridized carbons (Fsp3) is 0.235. The Kier molecular flexibility index (Phi) is 4.77. The van der Waals surface area contributed by atoms with Gasteiger partial charge < -0.3 is 11.1 Å². The molecule has 0 heterocycles. The second-order valence-corrected chi connectivity index (χ2v) is 4.97. The lowest BCUT2D eigenvalue weighted by Gasteiger charge is -2.13. The van der Waals surface area contributed by atoms with Crippen LogP contribution in [-0.2, 0) is 0 Å². The molecule has 3 heteroatoms. The highest BCUT2D eigenvalue weighted by molar-refractivity contribution is 5.93. The standard InChI is InChI=1S/C17H20N2O/c1-13(14-6-3-2-4-7-14)10-11-19-16-9-5-8-15(12-16)17(18)20/h2-9,12-13,19H,10-11H2,1H3,(H2,18,20). The number of hydrogen-bond donors (Lipinski definition) is 2. The highest BCUT2D eigenvalue weighted by Gasteiger charge is 2.05. The van der Waals surface area contributed by atoms with Crippen molar-refractivity contribution in [3.63, 3.8) is 0 Å². The zero-order valence-corrected chi connectivity index (χ0v) is 11.7. The van der Waals surface area contributed by atoms with E-state index in [1.165, 1.54) is 5.56 Å². The summed E-state index contributed by atoms with van der Waals surface area (Å²) in [6.45, 7) is 3.08. The van der Waals surface area contributed by atoms with Crippen LogP contribution in [0.15, 0.2) is 54.6 Å². The lowest BCUT2D eigenvalue weighted by atomic mass is 9.98. The molecule has 2 aromatic rings. The van der Waals surface area contributed by atoms with E-state index in [2.05, 4.69) is 36.5 Å². The Morgan fingerprint density at radius 2 is 1.90 bits per heavy atom. The molecule has 0 bridgehead atoms. The predicted molar refractivity (Wildman–Crippen MR) is 82.9 cm³/mol. The number of carbonyl (C=O) groups is 1. The second-order valence-electron chi connectivity index (χ2n) is 4.97. The molecule has 1 unspecified atom stereocenters. The van der Waals surface area contributed by atoms with Crippen LogP contribution in [0.5, 0.6) is 0 Å². The molecule has 20 heavy (non-hydrogen) atoms. The zero-order chi connectivity index (χ0) is 14.4. The van der Waals surface area contributed by atoms with E-state index in [1.54, 1.807) is 12.1 Å². The van der Waals surface area contributed by atoms with Crippen LogP contribution in [-0.4, -0.2) is 12.5 Å². The third-order valence-corrected chi connectivity index (χ3v) is 3.42. The van der Waals surface area contributed by atoms with Crippen molar-refractivity contribution in [2.24, 2.45) is 5.73 Å². The van der Waals surface area contributed by atoms with Gasteiger partial charge in [-0.2, -0.15) is 0 Å². The summed E-state index contributed by atoms with van der Waals surface area (Å²) >= 11 is 0. The molecule has 0 radical (unpaired) electrons. The van der Waals surface area contributed by atoms with Crippen molar-refractivity contribution in [2.75, 3.05) is 11.9 Å². The first-order chi connectivity index (χ1) is 9.66. The first-order valence-corrected chi connectivity index (χ1v) is 6.85. The number of amides is 1. The van der Waals surface area contributed by atoms with E-state index in [1.807, 2.05) is 18.2 Å². The molecule has 3 N–H and O–H groups in total. The highest BCUT2D eigenvalue weighted by atomic mass is 16.1. The fourth-order valence-corrected chi connectivity index (χ4v) is 2.16. The molecule has 0 aliphatic rings. The van der Waals surface area contributed by atoms with Crippen LogP contribution in [0.4, 0.5) is 5.69 Å². The summed E-state index contributed by atoms with van der Waals surface area (Å²) in [5.74, 6) is 0.106. The first kappa shape index (κ1) is 14.1. The molecular weight excluding hydrogens is 248 g/mol. The van der Waals surface area contributed by atoms with Crippen LogP contribution >= 0.6 is 0 Å². The third-order valence-electron chi connectivity index (χ3n) is 3.42. The minimum Gasteiger partial charge on any atom is -0.385 e. The van der Waals surface area contributed by atoms with E-state index in [0.29, 0.717) is 11.5 Å². The number of anilines is 1. The van der Waals surface area contributed by atoms with E-state index in [0.717, 1.165) is 18.7 Å². The Balaban J connectivity index is 1.87. The molecule has 0 aliphatic carbocycles. The molecule has 1 atom stereocenters. The molecule has 1 amide bonds. The smallest absolute Gasteiger partial charge is 0.248 e. The summed E-state index contributed by atoms with van der Waals surface area (Å²) in [6.07, 6.45) is 1.03. The van der Waals surface area contributed by atoms with E-state index >= 15 is 0 Å². The maximum atomic E-state index is 11.1. The second kappa shape index (κ2) is 6.75. The van der Waals surface area contributed by atoms with Gasteiger partial charge >= 0.3 is 0 Å². The van der Waals surface area contributed by atoms with Crippen molar-refractivity contribution in [2.45, 2.75) is 19.3 Å². The number of nitrogens with one attached hydrogen (secondary N) is 1. The van der Waals surface area contributed by atoms with Gasteiger partial charge in [0.2, 0.25) is 5.91 Å². The number of hydrogen-bond acceptors (Lipinski definition) is 2. The van der Waals surface area contributed by atoms with E-state index in [-0.39, 0.29) is 0 Å². The summed E-state index contributed by atoms with van der Waals surface area (Å²) in [6, 6.07) is 17.8. The molecule has 104 valence electrons. The minimum absolute atomic E-state index is 0.397. The highest BCUT2D eigenvalue weighted by Crippen LogP contribution is 2.19. The number of benzene rings is 2. The molecular formula is C17H20N2O. The monoisotopic (exact) mass is 268 g/mol. The van der Waals surface area contributed by atoms with Gasteiger partial charge in [-0.15, -0.1) is 0 Å². The van der Waals surface area contributed by atoms with Gasteiger partial charge in [-0.1, -0.05) is 43.3 Å². The lowest BCUT2D eigenvalue weighted by molar-refractivity contribution is 0.100. The summed E-state index contributed by atoms with van der Waals surface area (Å²) in [5.41, 5.74) is 8.08. The molecule has 2 aromatic carbocycles. The Morgan fingerprint density at radius 3 is 2.60 bits per heavy atom. The van der Waals surface area contributed by atoms with E-state index < -0.39 is 5.91 Å². The Morgan fingerprint density at radius 1 is 1.15 bits per heavy atom. The summed E-state index contributed by atoms with van der Waals surface area (Å²) < 4.78 is 0. The van der Waals surface area contributed by atoms with Gasteiger partial charge in [0, 0.05) is 17.8 Å². The Bertz CT molecular complexity index is 566. The number of rotatable bonds is 6. The largest absolute Gasteiger partial charge is 0.385 e. The molecule has 0 aromatic heterocycles. The molecule has 3 nitrogen and oxygen atoms in total. The number of nitrogens with two attached hydrogens (primary N) is 1. The minimum atomic E-state index is -0.397. The third kappa shape index (κ3) is 3.85. The van der Waals surface area contributed by atoms with Gasteiger partial charge in [-0.25, -0.2) is 0 Å². The van der Waals surface area contributed by atoms with Gasteiger partial charge in [-0.05, 0) is 36.1 Å². The van der Waals surface area contributed by atoms with E-state index in [4.69, 9.17) is 5.73 Å². The fourth-order valence-electron chi connectivity index (χ4n) is 2.16. The normalized spacial score (nSPS) is 11.8. The Hall–Kier alpha value is -2.29. The Labute approximate surface area is 119 Å². The molecule has 0 aliphatic heterocycles. The number of primary amides is 1. The topological polar surface area (TPSA) is 55.1 Å². The van der Waals surface area contributed by atoms with Gasteiger partial charge in [0.05, 0.1) is 0 Å². The predicted octanol–water partition coefficient (Wildman–Crippen LogP) is 3.39. The van der Waals surface area contributed by atoms with Crippen molar-refractivity contribution < 1.29 is 4.79 Å². The first-order valence-electron chi connectivity index (χ1n) is 6.85. The lowest BCUT2D eigenvalue weighted by Crippen LogP contribution is -2.12. The van der Waals surface area contributed by atoms with Crippen molar-refractivity contribution in [3.8, 4) is 0 Å². The maximum absolute atomic E-state index is 11.1. The number of carbonyl (C=O) groups excluding carboxylic acids is 1. The molecule has 0 spiro atoms. The van der Waals surface area contributed by atoms with Crippen LogP contribution < -0.4 is 11.1 Å². The summed E-state index contributed by atoms with van der Waals surface area (Å²) in [5, 5.41) is 3.33. The van der Waals surface area contributed by atoms with Gasteiger partial charge in [0.1, 0.15) is 0 Å². The van der Waals surface area contributed by atoms with Crippen LogP contribution in [0.3, 0.4) is 0 Å². The molecule has 0 saturated heterocycles. The van der Waals surface area contributed by atoms with Crippen LogP contribution in [0.25, 0.3) is 0 Å². The summed E-state index contributed by atoms with van der Waals surface area (Å²) in [4.78, 5) is 11.1. The quantitative estimate of drug-likeness (QED) is 0.843. The van der Waals surface area contributed by atoms with E-state index in [9.17, 15) is 4.79 Å². The SMILES string of the molecule is CC(CCNc1cccc(C(N)=O)c1)c1ccccc1. The molecule has 2 rings (SSSR count). The summed E-state index contributed by atoms with van der Waals surface area (Å²) in [7, 11) is 0. The van der Waals surface area contributed by atoms with Crippen LogP contribution in [0.1, 0.15) is 35.2 Å². The van der Waals surface area contributed by atoms with Gasteiger partial charge in [0.15, 0.2) is 0 Å². The van der Waals surface area contributed by atoms with Gasteiger partial charge in [0.25, 0.3) is 0 Å². The van der Waals surface area contributed by atoms with Crippen LogP contribution in [0, 0.1) is 0 Å². The average molecular weight is 268 g/mol. The average Bonchev–Trinajstić information content (AvgIpc) is 2.48. The van der Waals surface area contributed by atoms with Gasteiger partial charge in [-0.3, -0.25) is 4.79 Å². The molecule has 0 fully saturated rings. The van der Waals surface area contributed by atoms with Crippen molar-refractivity contribution in [1.82, 2.24) is 0 Å². The maximum Gasteiger partial charge on any atom is 0.248 e. The molecule has 0 saturated carbocycles. The van der Waals surface area contributed by atoms with Crippen molar-refractivity contribution in [1.29, 1.82) is 0 Å². The van der Waals surface area contributed by atoms with Crippen LogP contribution in [0.2, 0.25) is 0 Å². The zero-order valence-electron chi connectivity index (χ0n) is 11.7. The van der Waals surface area contributed by atoms with Crippen molar-refractivity contribution >= 4 is 11.6 Å². The van der Waals surface area contributed by atoms with Crippen molar-refractivity contribution in [3.05, 3.63) is 65.7 Å².